The maximum Gasteiger partial charge on any atom is 0.141 e. The molecule has 2 aromatic carbocycles. The van der Waals surface area contributed by atoms with Crippen molar-refractivity contribution in [3.05, 3.63) is 87.7 Å². The molecule has 0 aliphatic heterocycles. The Morgan fingerprint density at radius 2 is 1.77 bits per heavy atom. The molecular formula is C21H15ClF2N2. The minimum atomic E-state index is -0.471. The van der Waals surface area contributed by atoms with Crippen LogP contribution in [0.25, 0.3) is 17.3 Å². The largest absolute Gasteiger partial charge is 0.318 e. The zero-order chi connectivity index (χ0) is 18.8. The first-order valence-electron chi connectivity index (χ1n) is 7.93. The number of hydrogen-bond donors (Lipinski definition) is 0. The van der Waals surface area contributed by atoms with Gasteiger partial charge in [-0.2, -0.15) is 5.26 Å². The SMILES string of the molecule is Cc1cc(/C=C(\C#N)c2ccc(F)cc2)c(C)n1-c1ccc(F)c(Cl)c1. The van der Waals surface area contributed by atoms with Crippen LogP contribution in [-0.2, 0) is 0 Å². The van der Waals surface area contributed by atoms with E-state index < -0.39 is 5.82 Å². The fraction of sp³-hybridized carbons (Fsp3) is 0.0952. The topological polar surface area (TPSA) is 28.7 Å². The first-order chi connectivity index (χ1) is 12.4. The lowest BCUT2D eigenvalue weighted by Crippen LogP contribution is -1.99. The second-order valence-electron chi connectivity index (χ2n) is 5.94. The second-order valence-corrected chi connectivity index (χ2v) is 6.34. The number of nitrogens with zero attached hydrogens (tertiary/aromatic N) is 2. The van der Waals surface area contributed by atoms with E-state index in [1.807, 2.05) is 24.5 Å². The van der Waals surface area contributed by atoms with Gasteiger partial charge in [-0.15, -0.1) is 0 Å². The molecule has 0 amide bonds. The zero-order valence-electron chi connectivity index (χ0n) is 14.2. The summed E-state index contributed by atoms with van der Waals surface area (Å²) in [6.45, 7) is 3.83. The number of nitriles is 1. The average molecular weight is 369 g/mol. The number of hydrogen-bond acceptors (Lipinski definition) is 1. The van der Waals surface area contributed by atoms with Crippen molar-refractivity contribution in [2.75, 3.05) is 0 Å². The lowest BCUT2D eigenvalue weighted by molar-refractivity contribution is 0.627. The van der Waals surface area contributed by atoms with Crippen LogP contribution in [0.2, 0.25) is 5.02 Å². The molecule has 0 aliphatic carbocycles. The number of aryl methyl sites for hydroxylation is 1. The molecule has 0 saturated carbocycles. The summed E-state index contributed by atoms with van der Waals surface area (Å²) >= 11 is 5.90. The molecule has 0 unspecified atom stereocenters. The summed E-state index contributed by atoms with van der Waals surface area (Å²) in [5, 5.41) is 9.54. The number of benzene rings is 2. The van der Waals surface area contributed by atoms with Crippen molar-refractivity contribution in [3.8, 4) is 11.8 Å². The highest BCUT2D eigenvalue weighted by Crippen LogP contribution is 2.27. The Hall–Kier alpha value is -2.90. The van der Waals surface area contributed by atoms with Gasteiger partial charge in [0.2, 0.25) is 0 Å². The van der Waals surface area contributed by atoms with Crippen molar-refractivity contribution in [3.63, 3.8) is 0 Å². The van der Waals surface area contributed by atoms with Crippen LogP contribution < -0.4 is 0 Å². The van der Waals surface area contributed by atoms with Crippen molar-refractivity contribution >= 4 is 23.3 Å². The van der Waals surface area contributed by atoms with E-state index in [1.165, 1.54) is 18.2 Å². The van der Waals surface area contributed by atoms with Gasteiger partial charge < -0.3 is 4.57 Å². The van der Waals surface area contributed by atoms with Gasteiger partial charge in [0.1, 0.15) is 11.6 Å². The molecule has 3 rings (SSSR count). The molecule has 0 saturated heterocycles. The van der Waals surface area contributed by atoms with Crippen molar-refractivity contribution in [1.29, 1.82) is 5.26 Å². The van der Waals surface area contributed by atoms with Crippen molar-refractivity contribution < 1.29 is 8.78 Å². The number of allylic oxidation sites excluding steroid dienone is 1. The third-order valence-corrected chi connectivity index (χ3v) is 4.50. The molecule has 26 heavy (non-hydrogen) atoms. The molecule has 0 bridgehead atoms. The van der Waals surface area contributed by atoms with Crippen molar-refractivity contribution in [2.45, 2.75) is 13.8 Å². The molecule has 5 heteroatoms. The van der Waals surface area contributed by atoms with Crippen molar-refractivity contribution in [2.24, 2.45) is 0 Å². The molecule has 1 aromatic heterocycles. The maximum absolute atomic E-state index is 13.4. The average Bonchev–Trinajstić information content (AvgIpc) is 2.90. The Morgan fingerprint density at radius 3 is 2.38 bits per heavy atom. The molecule has 2 nitrogen and oxygen atoms in total. The fourth-order valence-corrected chi connectivity index (χ4v) is 3.10. The van der Waals surface area contributed by atoms with Crippen LogP contribution in [-0.4, -0.2) is 4.57 Å². The van der Waals surface area contributed by atoms with Gasteiger partial charge >= 0.3 is 0 Å². The number of rotatable bonds is 3. The highest BCUT2D eigenvalue weighted by Gasteiger charge is 2.12. The van der Waals surface area contributed by atoms with Gasteiger partial charge in [0.25, 0.3) is 0 Å². The minimum Gasteiger partial charge on any atom is -0.318 e. The smallest absolute Gasteiger partial charge is 0.141 e. The van der Waals surface area contributed by atoms with Gasteiger partial charge in [0.05, 0.1) is 16.7 Å². The van der Waals surface area contributed by atoms with Crippen LogP contribution in [0.3, 0.4) is 0 Å². The van der Waals surface area contributed by atoms with Crippen LogP contribution in [0.1, 0.15) is 22.5 Å². The van der Waals surface area contributed by atoms with Gasteiger partial charge in [-0.05, 0) is 67.4 Å². The third kappa shape index (κ3) is 3.40. The standard InChI is InChI=1S/C21H15ClF2N2/c1-13-9-16(10-17(12-25)15-3-5-18(23)6-4-15)14(2)26(13)19-7-8-21(24)20(22)11-19/h3-11H,1-2H3/b17-10+. The highest BCUT2D eigenvalue weighted by molar-refractivity contribution is 6.30. The van der Waals surface area contributed by atoms with E-state index in [9.17, 15) is 14.0 Å². The van der Waals surface area contributed by atoms with Gasteiger partial charge in [-0.25, -0.2) is 8.78 Å². The van der Waals surface area contributed by atoms with E-state index in [2.05, 4.69) is 6.07 Å². The molecule has 0 radical (unpaired) electrons. The van der Waals surface area contributed by atoms with E-state index in [1.54, 1.807) is 30.3 Å². The van der Waals surface area contributed by atoms with Crippen LogP contribution in [0, 0.1) is 36.8 Å². The Morgan fingerprint density at radius 1 is 1.08 bits per heavy atom. The monoisotopic (exact) mass is 368 g/mol. The lowest BCUT2D eigenvalue weighted by Gasteiger charge is -2.10. The Bertz CT molecular complexity index is 1040. The summed E-state index contributed by atoms with van der Waals surface area (Å²) in [5.74, 6) is -0.821. The Balaban J connectivity index is 2.08. The predicted molar refractivity (Wildman–Crippen MR) is 100 cm³/mol. The van der Waals surface area contributed by atoms with E-state index in [0.717, 1.165) is 22.6 Å². The first-order valence-corrected chi connectivity index (χ1v) is 8.30. The highest BCUT2D eigenvalue weighted by atomic mass is 35.5. The number of halogens is 3. The van der Waals surface area contributed by atoms with Crippen LogP contribution in [0.4, 0.5) is 8.78 Å². The van der Waals surface area contributed by atoms with E-state index in [0.29, 0.717) is 11.1 Å². The Labute approximate surface area is 155 Å². The second kappa shape index (κ2) is 7.15. The zero-order valence-corrected chi connectivity index (χ0v) is 15.0. The molecule has 0 spiro atoms. The lowest BCUT2D eigenvalue weighted by atomic mass is 10.0. The van der Waals surface area contributed by atoms with Gasteiger partial charge in [-0.1, -0.05) is 23.7 Å². The fourth-order valence-electron chi connectivity index (χ4n) is 2.92. The van der Waals surface area contributed by atoms with Gasteiger partial charge in [-0.3, -0.25) is 0 Å². The maximum atomic E-state index is 13.4. The normalized spacial score (nSPS) is 11.5. The summed E-state index contributed by atoms with van der Waals surface area (Å²) in [5.41, 5.74) is 4.48. The Kier molecular flexibility index (Phi) is 4.92. The molecule has 0 aliphatic rings. The van der Waals surface area contributed by atoms with E-state index in [-0.39, 0.29) is 10.8 Å². The van der Waals surface area contributed by atoms with Crippen LogP contribution in [0.15, 0.2) is 48.5 Å². The minimum absolute atomic E-state index is 0.0520. The molecule has 1 heterocycles. The summed E-state index contributed by atoms with van der Waals surface area (Å²) in [6, 6.07) is 14.4. The van der Waals surface area contributed by atoms with Crippen LogP contribution >= 0.6 is 11.6 Å². The summed E-state index contributed by atoms with van der Waals surface area (Å²) in [6.07, 6.45) is 1.76. The third-order valence-electron chi connectivity index (χ3n) is 4.21. The van der Waals surface area contributed by atoms with Crippen LogP contribution in [0.5, 0.6) is 0 Å². The molecule has 0 N–H and O–H groups in total. The number of aromatic nitrogens is 1. The summed E-state index contributed by atoms with van der Waals surface area (Å²) in [7, 11) is 0. The molecule has 0 fully saturated rings. The first kappa shape index (κ1) is 17.9. The van der Waals surface area contributed by atoms with Gasteiger partial charge in [0, 0.05) is 17.1 Å². The predicted octanol–water partition coefficient (Wildman–Crippen LogP) is 6.09. The quantitative estimate of drug-likeness (QED) is 0.514. The van der Waals surface area contributed by atoms with Gasteiger partial charge in [0.15, 0.2) is 0 Å². The molecular weight excluding hydrogens is 354 g/mol. The summed E-state index contributed by atoms with van der Waals surface area (Å²) in [4.78, 5) is 0. The van der Waals surface area contributed by atoms with Crippen molar-refractivity contribution in [1.82, 2.24) is 4.57 Å². The molecule has 0 atom stereocenters. The summed E-state index contributed by atoms with van der Waals surface area (Å²) < 4.78 is 28.5. The molecule has 3 aromatic rings. The van der Waals surface area contributed by atoms with E-state index in [4.69, 9.17) is 11.6 Å². The van der Waals surface area contributed by atoms with E-state index >= 15 is 0 Å². The molecule has 130 valence electrons.